The first-order valence-corrected chi connectivity index (χ1v) is 7.59. The number of hydrogen-bond donors (Lipinski definition) is 2. The Bertz CT molecular complexity index is 470. The molecule has 0 radical (unpaired) electrons. The van der Waals surface area contributed by atoms with E-state index in [0.717, 1.165) is 18.4 Å². The summed E-state index contributed by atoms with van der Waals surface area (Å²) in [6, 6.07) is 7.37. The molecule has 3 heteroatoms. The first-order valence-electron chi connectivity index (χ1n) is 7.59. The van der Waals surface area contributed by atoms with Gasteiger partial charge in [0.25, 0.3) is 0 Å². The predicted octanol–water partition coefficient (Wildman–Crippen LogP) is 3.12. The van der Waals surface area contributed by atoms with E-state index >= 15 is 0 Å². The molecule has 110 valence electrons. The van der Waals surface area contributed by atoms with E-state index in [0.29, 0.717) is 30.1 Å². The summed E-state index contributed by atoms with van der Waals surface area (Å²) >= 11 is 0. The summed E-state index contributed by atoms with van der Waals surface area (Å²) in [5.74, 6) is 1.79. The molecule has 3 nitrogen and oxygen atoms in total. The molecule has 3 rings (SSSR count). The van der Waals surface area contributed by atoms with Gasteiger partial charge in [0.2, 0.25) is 0 Å². The summed E-state index contributed by atoms with van der Waals surface area (Å²) in [4.78, 5) is 0. The Morgan fingerprint density at radius 2 is 1.95 bits per heavy atom. The van der Waals surface area contributed by atoms with E-state index in [2.05, 4.69) is 13.8 Å². The molecule has 1 saturated carbocycles. The van der Waals surface area contributed by atoms with Crippen molar-refractivity contribution in [2.75, 3.05) is 13.2 Å². The number of hydrogen-bond acceptors (Lipinski definition) is 3. The van der Waals surface area contributed by atoms with Crippen molar-refractivity contribution >= 4 is 0 Å². The van der Waals surface area contributed by atoms with E-state index in [4.69, 9.17) is 4.74 Å². The van der Waals surface area contributed by atoms with E-state index in [1.54, 1.807) is 12.1 Å². The van der Waals surface area contributed by atoms with E-state index in [1.807, 2.05) is 12.1 Å². The fourth-order valence-corrected chi connectivity index (χ4v) is 4.22. The van der Waals surface area contributed by atoms with Gasteiger partial charge in [-0.25, -0.2) is 0 Å². The molecule has 1 aromatic rings. The second kappa shape index (κ2) is 5.05. The molecule has 1 saturated heterocycles. The van der Waals surface area contributed by atoms with Gasteiger partial charge in [-0.1, -0.05) is 26.0 Å². The molecule has 20 heavy (non-hydrogen) atoms. The second-order valence-corrected chi connectivity index (χ2v) is 6.73. The SMILES string of the molecule is CC1CC[C@]2(CO)CO[C@@H](c3ccc(O)cc3)[C@@H]1[C@@H]2C. The zero-order valence-corrected chi connectivity index (χ0v) is 12.2. The first-order chi connectivity index (χ1) is 9.57. The van der Waals surface area contributed by atoms with Crippen molar-refractivity contribution in [3.63, 3.8) is 0 Å². The molecular weight excluding hydrogens is 252 g/mol. The maximum atomic E-state index is 9.83. The Kier molecular flexibility index (Phi) is 3.51. The Morgan fingerprint density at radius 1 is 1.25 bits per heavy atom. The Labute approximate surface area is 120 Å². The average molecular weight is 276 g/mol. The minimum absolute atomic E-state index is 0.0510. The molecule has 2 aliphatic rings. The first kappa shape index (κ1) is 13.9. The monoisotopic (exact) mass is 276 g/mol. The zero-order valence-electron chi connectivity index (χ0n) is 12.2. The lowest BCUT2D eigenvalue weighted by Crippen LogP contribution is -2.53. The van der Waals surface area contributed by atoms with Gasteiger partial charge in [-0.2, -0.15) is 0 Å². The van der Waals surface area contributed by atoms with Crippen molar-refractivity contribution in [3.8, 4) is 5.75 Å². The quantitative estimate of drug-likeness (QED) is 0.872. The van der Waals surface area contributed by atoms with Gasteiger partial charge >= 0.3 is 0 Å². The lowest BCUT2D eigenvalue weighted by molar-refractivity contribution is -0.191. The van der Waals surface area contributed by atoms with Crippen LogP contribution in [0.15, 0.2) is 24.3 Å². The molecule has 1 aliphatic carbocycles. The van der Waals surface area contributed by atoms with Crippen LogP contribution in [0.3, 0.4) is 0 Å². The van der Waals surface area contributed by atoms with Gasteiger partial charge < -0.3 is 14.9 Å². The number of aliphatic hydroxyl groups is 1. The van der Waals surface area contributed by atoms with Crippen LogP contribution in [0.5, 0.6) is 5.75 Å². The van der Waals surface area contributed by atoms with Crippen LogP contribution in [-0.4, -0.2) is 23.4 Å². The van der Waals surface area contributed by atoms with Crippen LogP contribution in [0.1, 0.15) is 38.4 Å². The van der Waals surface area contributed by atoms with Crippen LogP contribution in [0.2, 0.25) is 0 Å². The number of benzene rings is 1. The number of ether oxygens (including phenoxy) is 1. The minimum atomic E-state index is -0.0510. The highest BCUT2D eigenvalue weighted by atomic mass is 16.5. The van der Waals surface area contributed by atoms with Crippen LogP contribution >= 0.6 is 0 Å². The third-order valence-corrected chi connectivity index (χ3v) is 5.73. The highest BCUT2D eigenvalue weighted by Gasteiger charge is 2.52. The molecule has 1 heterocycles. The fraction of sp³-hybridized carbons (Fsp3) is 0.647. The normalized spacial score (nSPS) is 40.5. The summed E-state index contributed by atoms with van der Waals surface area (Å²) in [5, 5.41) is 19.3. The summed E-state index contributed by atoms with van der Waals surface area (Å²) in [6.07, 6.45) is 2.30. The maximum absolute atomic E-state index is 9.83. The number of aliphatic hydroxyl groups excluding tert-OH is 1. The summed E-state index contributed by atoms with van der Waals surface area (Å²) in [7, 11) is 0. The number of aromatic hydroxyl groups is 1. The minimum Gasteiger partial charge on any atom is -0.508 e. The molecule has 0 spiro atoms. The topological polar surface area (TPSA) is 49.7 Å². The molecule has 2 fully saturated rings. The molecule has 1 unspecified atom stereocenters. The van der Waals surface area contributed by atoms with Gasteiger partial charge in [-0.05, 0) is 48.3 Å². The molecule has 5 atom stereocenters. The maximum Gasteiger partial charge on any atom is 0.115 e. The molecule has 2 bridgehead atoms. The van der Waals surface area contributed by atoms with Gasteiger partial charge in [-0.3, -0.25) is 0 Å². The van der Waals surface area contributed by atoms with Crippen molar-refractivity contribution in [2.45, 2.75) is 32.8 Å². The van der Waals surface area contributed by atoms with Crippen molar-refractivity contribution in [2.24, 2.45) is 23.2 Å². The standard InChI is InChI=1S/C17H24O3/c1-11-7-8-17(9-18)10-20-16(15(11)12(17)2)13-3-5-14(19)6-4-13/h3-6,11-12,15-16,18-19H,7-10H2,1-2H3/t11?,12-,15-,16-,17-/m0/s1. The van der Waals surface area contributed by atoms with E-state index < -0.39 is 0 Å². The number of fused-ring (bicyclic) bond motifs is 2. The van der Waals surface area contributed by atoms with Crippen molar-refractivity contribution in [3.05, 3.63) is 29.8 Å². The van der Waals surface area contributed by atoms with Gasteiger partial charge in [0.05, 0.1) is 19.3 Å². The number of phenols is 1. The highest BCUT2D eigenvalue weighted by Crippen LogP contribution is 2.56. The third-order valence-electron chi connectivity index (χ3n) is 5.73. The molecule has 2 N–H and O–H groups in total. The van der Waals surface area contributed by atoms with Crippen LogP contribution in [-0.2, 0) is 4.74 Å². The largest absolute Gasteiger partial charge is 0.508 e. The molecular formula is C17H24O3. The smallest absolute Gasteiger partial charge is 0.115 e. The van der Waals surface area contributed by atoms with Gasteiger partial charge in [0.1, 0.15) is 5.75 Å². The average Bonchev–Trinajstić information content (AvgIpc) is 2.45. The van der Waals surface area contributed by atoms with Crippen molar-refractivity contribution < 1.29 is 14.9 Å². The predicted molar refractivity (Wildman–Crippen MR) is 77.4 cm³/mol. The Hall–Kier alpha value is -1.06. The lowest BCUT2D eigenvalue weighted by atomic mass is 9.56. The van der Waals surface area contributed by atoms with Crippen molar-refractivity contribution in [1.82, 2.24) is 0 Å². The van der Waals surface area contributed by atoms with E-state index in [9.17, 15) is 10.2 Å². The molecule has 1 aliphatic heterocycles. The number of phenolic OH excluding ortho intramolecular Hbond substituents is 1. The van der Waals surface area contributed by atoms with E-state index in [-0.39, 0.29) is 18.1 Å². The van der Waals surface area contributed by atoms with Gasteiger partial charge in [0, 0.05) is 5.41 Å². The van der Waals surface area contributed by atoms with Crippen LogP contribution in [0.25, 0.3) is 0 Å². The summed E-state index contributed by atoms with van der Waals surface area (Å²) < 4.78 is 6.16. The molecule has 1 aromatic carbocycles. The van der Waals surface area contributed by atoms with Crippen LogP contribution < -0.4 is 0 Å². The zero-order chi connectivity index (χ0) is 14.3. The number of rotatable bonds is 2. The van der Waals surface area contributed by atoms with Crippen LogP contribution in [0.4, 0.5) is 0 Å². The third kappa shape index (κ3) is 2.04. The summed E-state index contributed by atoms with van der Waals surface area (Å²) in [6.45, 7) is 5.43. The van der Waals surface area contributed by atoms with Crippen molar-refractivity contribution in [1.29, 1.82) is 0 Å². The highest BCUT2D eigenvalue weighted by molar-refractivity contribution is 5.28. The van der Waals surface area contributed by atoms with Crippen LogP contribution in [0, 0.1) is 23.2 Å². The lowest BCUT2D eigenvalue weighted by Gasteiger charge is -2.55. The fourth-order valence-electron chi connectivity index (χ4n) is 4.22. The van der Waals surface area contributed by atoms with Gasteiger partial charge in [-0.15, -0.1) is 0 Å². The Morgan fingerprint density at radius 3 is 2.60 bits per heavy atom. The second-order valence-electron chi connectivity index (χ2n) is 6.73. The molecule has 0 aromatic heterocycles. The Balaban J connectivity index is 1.92. The van der Waals surface area contributed by atoms with E-state index in [1.165, 1.54) is 0 Å². The van der Waals surface area contributed by atoms with Gasteiger partial charge in [0.15, 0.2) is 0 Å². The summed E-state index contributed by atoms with van der Waals surface area (Å²) in [5.41, 5.74) is 1.09. The molecule has 0 amide bonds.